The minimum atomic E-state index is -0.339. The van der Waals surface area contributed by atoms with Crippen LogP contribution in [-0.4, -0.2) is 51.2 Å². The number of urea groups is 1. The van der Waals surface area contributed by atoms with Gasteiger partial charge in [0.1, 0.15) is 6.04 Å². The summed E-state index contributed by atoms with van der Waals surface area (Å²) in [4.78, 5) is 40.1. The zero-order valence-corrected chi connectivity index (χ0v) is 13.5. The standard InChI is InChI=1S/C17H21N3O3/c1-10-8-13(11(2)20(10)12-5-6-12)15(21)9-19-16(22)14-4-3-7-18(14)17(19)23/h8,12,14H,3-7,9H2,1-2H3/t14-/m1/s1. The lowest BCUT2D eigenvalue weighted by molar-refractivity contribution is -0.127. The summed E-state index contributed by atoms with van der Waals surface area (Å²) >= 11 is 0. The van der Waals surface area contributed by atoms with Gasteiger partial charge in [-0.05, 0) is 45.6 Å². The normalized spacial score (nSPS) is 23.8. The number of aromatic nitrogens is 1. The Labute approximate surface area is 135 Å². The molecule has 3 aliphatic rings. The molecule has 6 heteroatoms. The van der Waals surface area contributed by atoms with Crippen LogP contribution in [0.25, 0.3) is 0 Å². The maximum absolute atomic E-state index is 12.7. The third-order valence-corrected chi connectivity index (χ3v) is 5.28. The molecule has 0 aromatic carbocycles. The second-order valence-corrected chi connectivity index (χ2v) is 6.87. The number of Topliss-reactive ketones (excluding diaryl/α,β-unsaturated/α-hetero) is 1. The first-order valence-electron chi connectivity index (χ1n) is 8.32. The summed E-state index contributed by atoms with van der Waals surface area (Å²) in [5.41, 5.74) is 2.67. The van der Waals surface area contributed by atoms with E-state index in [2.05, 4.69) is 4.57 Å². The fraction of sp³-hybridized carbons (Fsp3) is 0.588. The molecule has 0 N–H and O–H groups in total. The largest absolute Gasteiger partial charge is 0.345 e. The fourth-order valence-electron chi connectivity index (χ4n) is 4.01. The van der Waals surface area contributed by atoms with Gasteiger partial charge in [-0.3, -0.25) is 14.5 Å². The third-order valence-electron chi connectivity index (χ3n) is 5.28. The molecule has 6 nitrogen and oxygen atoms in total. The Hall–Kier alpha value is -2.11. The first-order valence-corrected chi connectivity index (χ1v) is 8.32. The number of imide groups is 1. The van der Waals surface area contributed by atoms with E-state index in [9.17, 15) is 14.4 Å². The summed E-state index contributed by atoms with van der Waals surface area (Å²) in [6.07, 6.45) is 3.89. The number of nitrogens with zero attached hydrogens (tertiary/aromatic N) is 3. The van der Waals surface area contributed by atoms with Crippen molar-refractivity contribution < 1.29 is 14.4 Å². The number of ketones is 1. The van der Waals surface area contributed by atoms with Crippen LogP contribution in [0.3, 0.4) is 0 Å². The highest BCUT2D eigenvalue weighted by Gasteiger charge is 2.47. The average molecular weight is 315 g/mol. The molecule has 0 spiro atoms. The van der Waals surface area contributed by atoms with Gasteiger partial charge in [0.2, 0.25) is 0 Å². The second kappa shape index (κ2) is 4.94. The van der Waals surface area contributed by atoms with E-state index in [0.717, 1.165) is 35.6 Å². The van der Waals surface area contributed by atoms with Gasteiger partial charge in [0.05, 0.1) is 6.54 Å². The van der Waals surface area contributed by atoms with Crippen molar-refractivity contribution in [3.05, 3.63) is 23.0 Å². The van der Waals surface area contributed by atoms with E-state index in [1.54, 1.807) is 4.90 Å². The van der Waals surface area contributed by atoms with Crippen LogP contribution in [0.1, 0.15) is 53.5 Å². The average Bonchev–Trinajstić information content (AvgIpc) is 3.06. The predicted octanol–water partition coefficient (Wildman–Crippen LogP) is 2.05. The predicted molar refractivity (Wildman–Crippen MR) is 83.3 cm³/mol. The van der Waals surface area contributed by atoms with Crippen LogP contribution in [0.5, 0.6) is 0 Å². The Kier molecular flexibility index (Phi) is 3.11. The van der Waals surface area contributed by atoms with Gasteiger partial charge in [-0.1, -0.05) is 0 Å². The highest BCUT2D eigenvalue weighted by molar-refractivity contribution is 6.09. The van der Waals surface area contributed by atoms with E-state index in [0.29, 0.717) is 24.6 Å². The van der Waals surface area contributed by atoms with Crippen LogP contribution in [0.15, 0.2) is 6.07 Å². The number of fused-ring (bicyclic) bond motifs is 1. The molecule has 0 unspecified atom stereocenters. The third kappa shape index (κ3) is 2.11. The van der Waals surface area contributed by atoms with Gasteiger partial charge in [-0.2, -0.15) is 0 Å². The SMILES string of the molecule is Cc1cc(C(=O)CN2C(=O)[C@H]3CCCN3C2=O)c(C)n1C1CC1. The van der Waals surface area contributed by atoms with Crippen LogP contribution in [0.2, 0.25) is 0 Å². The van der Waals surface area contributed by atoms with Crippen molar-refractivity contribution in [3.8, 4) is 0 Å². The summed E-state index contributed by atoms with van der Waals surface area (Å²) in [6, 6.07) is 1.76. The molecule has 3 fully saturated rings. The minimum Gasteiger partial charge on any atom is -0.345 e. The van der Waals surface area contributed by atoms with E-state index < -0.39 is 0 Å². The Morgan fingerprint density at radius 2 is 1.96 bits per heavy atom. The summed E-state index contributed by atoms with van der Waals surface area (Å²) < 4.78 is 2.21. The smallest absolute Gasteiger partial charge is 0.327 e. The van der Waals surface area contributed by atoms with Gasteiger partial charge in [-0.15, -0.1) is 0 Å². The lowest BCUT2D eigenvalue weighted by Crippen LogP contribution is -2.37. The van der Waals surface area contributed by atoms with Gasteiger partial charge in [-0.25, -0.2) is 4.79 Å². The molecule has 3 heterocycles. The highest BCUT2D eigenvalue weighted by atomic mass is 16.2. The van der Waals surface area contributed by atoms with E-state index in [4.69, 9.17) is 0 Å². The highest BCUT2D eigenvalue weighted by Crippen LogP contribution is 2.38. The van der Waals surface area contributed by atoms with Crippen LogP contribution < -0.4 is 0 Å². The Bertz CT molecular complexity index is 695. The van der Waals surface area contributed by atoms with Crippen LogP contribution >= 0.6 is 0 Å². The fourth-order valence-corrected chi connectivity index (χ4v) is 4.01. The van der Waals surface area contributed by atoms with Crippen molar-refractivity contribution in [2.45, 2.75) is 51.6 Å². The van der Waals surface area contributed by atoms with Crippen molar-refractivity contribution in [3.63, 3.8) is 0 Å². The quantitative estimate of drug-likeness (QED) is 0.631. The Balaban J connectivity index is 1.56. The van der Waals surface area contributed by atoms with Crippen LogP contribution in [-0.2, 0) is 4.79 Å². The summed E-state index contributed by atoms with van der Waals surface area (Å²) in [6.45, 7) is 4.44. The van der Waals surface area contributed by atoms with Crippen LogP contribution in [0.4, 0.5) is 4.79 Å². The number of hydrogen-bond acceptors (Lipinski definition) is 3. The Morgan fingerprint density at radius 3 is 2.61 bits per heavy atom. The zero-order valence-electron chi connectivity index (χ0n) is 13.5. The van der Waals surface area contributed by atoms with Gasteiger partial charge >= 0.3 is 6.03 Å². The summed E-state index contributed by atoms with van der Waals surface area (Å²) in [5.74, 6) is -0.357. The molecule has 4 rings (SSSR count). The second-order valence-electron chi connectivity index (χ2n) is 6.87. The minimum absolute atomic E-state index is 0.139. The van der Waals surface area contributed by atoms with Gasteiger partial charge in [0.25, 0.3) is 5.91 Å². The maximum Gasteiger partial charge on any atom is 0.327 e. The maximum atomic E-state index is 12.7. The van der Waals surface area contributed by atoms with E-state index >= 15 is 0 Å². The number of amides is 3. The molecular formula is C17H21N3O3. The molecule has 0 radical (unpaired) electrons. The Morgan fingerprint density at radius 1 is 1.22 bits per heavy atom. The van der Waals surface area contributed by atoms with Crippen molar-refractivity contribution in [2.24, 2.45) is 0 Å². The zero-order chi connectivity index (χ0) is 16.3. The van der Waals surface area contributed by atoms with Crippen molar-refractivity contribution in [1.29, 1.82) is 0 Å². The molecular weight excluding hydrogens is 294 g/mol. The number of carbonyl (C=O) groups excluding carboxylic acids is 3. The van der Waals surface area contributed by atoms with Crippen molar-refractivity contribution in [1.82, 2.24) is 14.4 Å². The first-order chi connectivity index (χ1) is 11.0. The molecule has 2 aliphatic heterocycles. The van der Waals surface area contributed by atoms with E-state index in [-0.39, 0.29) is 30.3 Å². The number of carbonyl (C=O) groups is 3. The monoisotopic (exact) mass is 315 g/mol. The number of aryl methyl sites for hydroxylation is 1. The molecule has 1 aromatic heterocycles. The lowest BCUT2D eigenvalue weighted by atomic mass is 10.1. The number of rotatable bonds is 4. The van der Waals surface area contributed by atoms with Crippen molar-refractivity contribution in [2.75, 3.05) is 13.1 Å². The molecule has 2 saturated heterocycles. The molecule has 0 bridgehead atoms. The molecule has 122 valence electrons. The molecule has 23 heavy (non-hydrogen) atoms. The molecule has 1 aromatic rings. The van der Waals surface area contributed by atoms with E-state index in [1.807, 2.05) is 19.9 Å². The molecule has 1 aliphatic carbocycles. The van der Waals surface area contributed by atoms with E-state index in [1.165, 1.54) is 0 Å². The molecule has 3 amide bonds. The lowest BCUT2D eigenvalue weighted by Gasteiger charge is -2.15. The summed E-state index contributed by atoms with van der Waals surface area (Å²) in [7, 11) is 0. The van der Waals surface area contributed by atoms with Crippen molar-refractivity contribution >= 4 is 17.7 Å². The summed E-state index contributed by atoms with van der Waals surface area (Å²) in [5, 5.41) is 0. The van der Waals surface area contributed by atoms with Crippen LogP contribution in [0, 0.1) is 13.8 Å². The van der Waals surface area contributed by atoms with Gasteiger partial charge in [0.15, 0.2) is 5.78 Å². The number of hydrogen-bond donors (Lipinski definition) is 0. The van der Waals surface area contributed by atoms with Gasteiger partial charge < -0.3 is 9.47 Å². The molecule has 1 atom stereocenters. The topological polar surface area (TPSA) is 62.6 Å². The first kappa shape index (κ1) is 14.5. The van der Waals surface area contributed by atoms with Gasteiger partial charge in [0, 0.05) is 29.5 Å². The molecule has 1 saturated carbocycles.